The molecule has 1 fully saturated rings. The maximum absolute atomic E-state index is 10.4. The van der Waals surface area contributed by atoms with E-state index < -0.39 is 5.97 Å². The molecule has 0 amide bonds. The molecule has 2 unspecified atom stereocenters. The summed E-state index contributed by atoms with van der Waals surface area (Å²) in [5, 5.41) is 8.58. The van der Waals surface area contributed by atoms with E-state index in [9.17, 15) is 4.79 Å². The third-order valence-electron chi connectivity index (χ3n) is 1.76. The number of nitrogens with two attached hydrogens (primary N) is 1. The molecule has 2 atom stereocenters. The summed E-state index contributed by atoms with van der Waals surface area (Å²) in [6.07, 6.45) is 0.328. The van der Waals surface area contributed by atoms with Crippen molar-refractivity contribution >= 4 is 5.97 Å². The van der Waals surface area contributed by atoms with Crippen LogP contribution in [0, 0.1) is 5.92 Å². The van der Waals surface area contributed by atoms with Crippen LogP contribution in [0.3, 0.4) is 0 Å². The lowest BCUT2D eigenvalue weighted by Gasteiger charge is -2.10. The van der Waals surface area contributed by atoms with Crippen LogP contribution in [-0.2, 0) is 9.53 Å². The second kappa shape index (κ2) is 2.98. The highest BCUT2D eigenvalue weighted by Crippen LogP contribution is 2.19. The molecule has 0 aromatic rings. The highest BCUT2D eigenvalue weighted by atomic mass is 16.5. The zero-order valence-electron chi connectivity index (χ0n) is 5.62. The van der Waals surface area contributed by atoms with Crippen molar-refractivity contribution in [2.45, 2.75) is 12.5 Å². The fourth-order valence-corrected chi connectivity index (χ4v) is 1.16. The van der Waals surface area contributed by atoms with Gasteiger partial charge in [-0.25, -0.2) is 0 Å². The van der Waals surface area contributed by atoms with Crippen molar-refractivity contribution in [3.63, 3.8) is 0 Å². The van der Waals surface area contributed by atoms with Crippen LogP contribution in [-0.4, -0.2) is 30.3 Å². The molecule has 1 saturated heterocycles. The Morgan fingerprint density at radius 3 is 2.90 bits per heavy atom. The molecule has 1 rings (SSSR count). The number of rotatable bonds is 2. The summed E-state index contributed by atoms with van der Waals surface area (Å²) in [4.78, 5) is 10.4. The summed E-state index contributed by atoms with van der Waals surface area (Å²) < 4.78 is 5.07. The number of carbonyl (C=O) groups is 1. The maximum atomic E-state index is 10.4. The first kappa shape index (κ1) is 7.50. The van der Waals surface area contributed by atoms with Gasteiger partial charge in [-0.3, -0.25) is 4.79 Å². The van der Waals surface area contributed by atoms with E-state index in [4.69, 9.17) is 15.6 Å². The third-order valence-corrected chi connectivity index (χ3v) is 1.76. The van der Waals surface area contributed by atoms with Crippen molar-refractivity contribution in [2.24, 2.45) is 11.7 Å². The minimum atomic E-state index is -0.798. The Hall–Kier alpha value is -0.610. The van der Waals surface area contributed by atoms with Crippen LogP contribution >= 0.6 is 0 Å². The van der Waals surface area contributed by atoms with E-state index in [2.05, 4.69) is 0 Å². The van der Waals surface area contributed by atoms with E-state index in [0.29, 0.717) is 19.6 Å². The van der Waals surface area contributed by atoms with E-state index in [1.807, 2.05) is 0 Å². The average Bonchev–Trinajstić information content (AvgIpc) is 2.33. The van der Waals surface area contributed by atoms with Gasteiger partial charge in [-0.2, -0.15) is 0 Å². The lowest BCUT2D eigenvalue weighted by atomic mass is 10.0. The van der Waals surface area contributed by atoms with Gasteiger partial charge in [0.25, 0.3) is 0 Å². The van der Waals surface area contributed by atoms with Gasteiger partial charge in [0.05, 0.1) is 12.0 Å². The third kappa shape index (κ3) is 1.27. The largest absolute Gasteiger partial charge is 0.481 e. The molecule has 10 heavy (non-hydrogen) atoms. The predicted octanol–water partition coefficient (Wildman–Crippen LogP) is -0.565. The molecule has 0 saturated carbocycles. The summed E-state index contributed by atoms with van der Waals surface area (Å²) in [5.74, 6) is -1.18. The Bertz CT molecular complexity index is 137. The van der Waals surface area contributed by atoms with E-state index in [1.165, 1.54) is 0 Å². The Morgan fingerprint density at radius 1 is 1.80 bits per heavy atom. The van der Waals surface area contributed by atoms with Crippen LogP contribution in [0.5, 0.6) is 0 Å². The van der Waals surface area contributed by atoms with Gasteiger partial charge >= 0.3 is 5.97 Å². The minimum Gasteiger partial charge on any atom is -0.481 e. The van der Waals surface area contributed by atoms with Crippen molar-refractivity contribution in [3.05, 3.63) is 0 Å². The number of aliphatic carboxylic acids is 1. The van der Waals surface area contributed by atoms with Gasteiger partial charge in [0.2, 0.25) is 0 Å². The van der Waals surface area contributed by atoms with Crippen LogP contribution in [0.15, 0.2) is 0 Å². The predicted molar refractivity (Wildman–Crippen MR) is 34.5 cm³/mol. The number of hydrogen-bond acceptors (Lipinski definition) is 3. The first-order chi connectivity index (χ1) is 4.75. The maximum Gasteiger partial charge on any atom is 0.309 e. The number of ether oxygens (including phenoxy) is 1. The molecule has 1 aliphatic rings. The van der Waals surface area contributed by atoms with E-state index in [0.717, 1.165) is 0 Å². The van der Waals surface area contributed by atoms with E-state index >= 15 is 0 Å². The Balaban J connectivity index is 2.50. The van der Waals surface area contributed by atoms with Crippen LogP contribution in [0.1, 0.15) is 6.42 Å². The van der Waals surface area contributed by atoms with Crippen molar-refractivity contribution in [1.82, 2.24) is 0 Å². The van der Waals surface area contributed by atoms with Crippen LogP contribution in [0.4, 0.5) is 0 Å². The topological polar surface area (TPSA) is 72.5 Å². The average molecular weight is 145 g/mol. The molecule has 1 aliphatic heterocycles. The highest BCUT2D eigenvalue weighted by Gasteiger charge is 2.32. The first-order valence-electron chi connectivity index (χ1n) is 3.30. The van der Waals surface area contributed by atoms with Crippen LogP contribution in [0.25, 0.3) is 0 Å². The van der Waals surface area contributed by atoms with E-state index in [1.54, 1.807) is 0 Å². The van der Waals surface area contributed by atoms with Gasteiger partial charge in [-0.1, -0.05) is 0 Å². The standard InChI is InChI=1S/C6H11NO3/c7-3-5-4(6(8)9)1-2-10-5/h4-5H,1-3,7H2,(H,8,9). The Morgan fingerprint density at radius 2 is 2.50 bits per heavy atom. The van der Waals surface area contributed by atoms with Gasteiger partial charge < -0.3 is 15.6 Å². The van der Waals surface area contributed by atoms with E-state index in [-0.39, 0.29) is 12.0 Å². The molecular weight excluding hydrogens is 134 g/mol. The molecule has 0 aromatic carbocycles. The van der Waals surface area contributed by atoms with Crippen molar-refractivity contribution in [1.29, 1.82) is 0 Å². The molecule has 0 bridgehead atoms. The molecule has 0 spiro atoms. The molecule has 4 nitrogen and oxygen atoms in total. The monoisotopic (exact) mass is 145 g/mol. The fourth-order valence-electron chi connectivity index (χ4n) is 1.16. The zero-order valence-corrected chi connectivity index (χ0v) is 5.62. The summed E-state index contributed by atoms with van der Waals surface area (Å²) in [6.45, 7) is 0.829. The summed E-state index contributed by atoms with van der Waals surface area (Å²) in [6, 6.07) is 0. The van der Waals surface area contributed by atoms with Gasteiger partial charge in [0, 0.05) is 13.2 Å². The normalized spacial score (nSPS) is 32.5. The number of carboxylic acids is 1. The molecule has 0 aliphatic carbocycles. The molecule has 3 N–H and O–H groups in total. The van der Waals surface area contributed by atoms with Crippen molar-refractivity contribution in [3.8, 4) is 0 Å². The quantitative estimate of drug-likeness (QED) is 0.546. The van der Waals surface area contributed by atoms with Gasteiger partial charge in [-0.15, -0.1) is 0 Å². The van der Waals surface area contributed by atoms with Gasteiger partial charge in [0.15, 0.2) is 0 Å². The van der Waals surface area contributed by atoms with Crippen molar-refractivity contribution in [2.75, 3.05) is 13.2 Å². The lowest BCUT2D eigenvalue weighted by molar-refractivity contribution is -0.143. The van der Waals surface area contributed by atoms with Crippen molar-refractivity contribution < 1.29 is 14.6 Å². The second-order valence-electron chi connectivity index (χ2n) is 2.38. The molecule has 1 heterocycles. The summed E-state index contributed by atoms with van der Waals surface area (Å²) >= 11 is 0. The first-order valence-corrected chi connectivity index (χ1v) is 3.30. The van der Waals surface area contributed by atoms with Gasteiger partial charge in [0.1, 0.15) is 0 Å². The minimum absolute atomic E-state index is 0.266. The Kier molecular flexibility index (Phi) is 2.24. The Labute approximate surface area is 59.0 Å². The molecular formula is C6H11NO3. The molecule has 0 aromatic heterocycles. The second-order valence-corrected chi connectivity index (χ2v) is 2.38. The van der Waals surface area contributed by atoms with Crippen LogP contribution in [0.2, 0.25) is 0 Å². The highest BCUT2D eigenvalue weighted by molar-refractivity contribution is 5.71. The number of hydrogen-bond donors (Lipinski definition) is 2. The fraction of sp³-hybridized carbons (Fsp3) is 0.833. The molecule has 0 radical (unpaired) electrons. The smallest absolute Gasteiger partial charge is 0.309 e. The molecule has 58 valence electrons. The van der Waals surface area contributed by atoms with Crippen LogP contribution < -0.4 is 5.73 Å². The summed E-state index contributed by atoms with van der Waals surface area (Å²) in [5.41, 5.74) is 5.27. The van der Waals surface area contributed by atoms with Gasteiger partial charge in [-0.05, 0) is 6.42 Å². The summed E-state index contributed by atoms with van der Waals surface area (Å²) in [7, 11) is 0. The molecule has 4 heteroatoms. The lowest BCUT2D eigenvalue weighted by Crippen LogP contribution is -2.30. The SMILES string of the molecule is NCC1OCCC1C(=O)O. The zero-order chi connectivity index (χ0) is 7.56. The number of carboxylic acid groups (broad SMARTS) is 1.